The van der Waals surface area contributed by atoms with Gasteiger partial charge in [0.25, 0.3) is 5.91 Å². The fourth-order valence-electron chi connectivity index (χ4n) is 3.77. The first-order valence-electron chi connectivity index (χ1n) is 10.3. The number of halogens is 3. The lowest BCUT2D eigenvalue weighted by atomic mass is 10.1. The highest BCUT2D eigenvalue weighted by atomic mass is 19.4. The number of benzene rings is 3. The maximum Gasteiger partial charge on any atom is 0.416 e. The molecule has 4 aromatic rings. The third-order valence-corrected chi connectivity index (χ3v) is 5.35. The maximum absolute atomic E-state index is 13.4. The number of amides is 1. The third kappa shape index (κ3) is 4.24. The highest BCUT2D eigenvalue weighted by Gasteiger charge is 2.31. The third-order valence-electron chi connectivity index (χ3n) is 5.35. The Morgan fingerprint density at radius 3 is 2.42 bits per heavy atom. The van der Waals surface area contributed by atoms with E-state index in [0.717, 1.165) is 22.9 Å². The SMILES string of the molecule is CCN(C(=O)c1nn(-c2cccc(C(F)(F)F)c2)c(C)cc1=O)c1cccc2ccccc12. The molecule has 0 unspecified atom stereocenters. The number of fused-ring (bicyclic) bond motifs is 1. The topological polar surface area (TPSA) is 55.2 Å². The Morgan fingerprint density at radius 2 is 1.70 bits per heavy atom. The first-order valence-corrected chi connectivity index (χ1v) is 10.3. The van der Waals surface area contributed by atoms with Gasteiger partial charge in [0.05, 0.1) is 16.9 Å². The summed E-state index contributed by atoms with van der Waals surface area (Å²) in [7, 11) is 0. The number of rotatable bonds is 4. The molecule has 168 valence electrons. The summed E-state index contributed by atoms with van der Waals surface area (Å²) >= 11 is 0. The minimum atomic E-state index is -4.53. The van der Waals surface area contributed by atoms with Crippen molar-refractivity contribution in [2.45, 2.75) is 20.0 Å². The van der Waals surface area contributed by atoms with Crippen LogP contribution in [-0.4, -0.2) is 22.2 Å². The number of anilines is 1. The van der Waals surface area contributed by atoms with Crippen molar-refractivity contribution in [3.63, 3.8) is 0 Å². The zero-order chi connectivity index (χ0) is 23.8. The molecule has 1 aromatic heterocycles. The van der Waals surface area contributed by atoms with Gasteiger partial charge in [-0.05, 0) is 43.5 Å². The van der Waals surface area contributed by atoms with E-state index in [4.69, 9.17) is 0 Å². The minimum Gasteiger partial charge on any atom is -0.306 e. The lowest BCUT2D eigenvalue weighted by molar-refractivity contribution is -0.137. The summed E-state index contributed by atoms with van der Waals surface area (Å²) in [5.41, 5.74) is -0.785. The van der Waals surface area contributed by atoms with E-state index >= 15 is 0 Å². The van der Waals surface area contributed by atoms with E-state index in [1.165, 1.54) is 27.8 Å². The minimum absolute atomic E-state index is 0.101. The Morgan fingerprint density at radius 1 is 1.00 bits per heavy atom. The summed E-state index contributed by atoms with van der Waals surface area (Å²) in [5, 5.41) is 5.95. The first kappa shape index (κ1) is 22.3. The Balaban J connectivity index is 1.82. The van der Waals surface area contributed by atoms with Crippen molar-refractivity contribution in [3.8, 4) is 5.69 Å². The predicted octanol–water partition coefficient (Wildman–Crippen LogP) is 5.38. The first-order chi connectivity index (χ1) is 15.7. The molecule has 3 aromatic carbocycles. The number of alkyl halides is 3. The van der Waals surface area contributed by atoms with Gasteiger partial charge < -0.3 is 4.90 Å². The van der Waals surface area contributed by atoms with E-state index in [1.54, 1.807) is 19.9 Å². The molecule has 0 N–H and O–H groups in total. The molecule has 0 aliphatic carbocycles. The van der Waals surface area contributed by atoms with E-state index in [2.05, 4.69) is 5.10 Å². The smallest absolute Gasteiger partial charge is 0.306 e. The zero-order valence-corrected chi connectivity index (χ0v) is 17.9. The highest BCUT2D eigenvalue weighted by molar-refractivity contribution is 6.09. The standard InChI is InChI=1S/C25H20F3N3O2/c1-3-30(21-13-6-9-17-8-4-5-12-20(17)21)24(33)23-22(32)14-16(2)31(29-23)19-11-7-10-18(15-19)25(26,27)28/h4-15H,3H2,1-2H3. The second-order valence-corrected chi connectivity index (χ2v) is 7.51. The van der Waals surface area contributed by atoms with Gasteiger partial charge in [0, 0.05) is 23.7 Å². The lowest BCUT2D eigenvalue weighted by Gasteiger charge is -2.23. The van der Waals surface area contributed by atoms with Crippen LogP contribution < -0.4 is 10.3 Å². The molecule has 0 saturated carbocycles. The molecule has 0 saturated heterocycles. The second kappa shape index (κ2) is 8.54. The molecule has 0 spiro atoms. The summed E-state index contributed by atoms with van der Waals surface area (Å²) < 4.78 is 40.7. The number of aromatic nitrogens is 2. The van der Waals surface area contributed by atoms with Gasteiger partial charge in [-0.1, -0.05) is 42.5 Å². The molecule has 33 heavy (non-hydrogen) atoms. The van der Waals surface area contributed by atoms with Crippen LogP contribution in [-0.2, 0) is 6.18 Å². The van der Waals surface area contributed by atoms with Crippen LogP contribution in [0.3, 0.4) is 0 Å². The number of aryl methyl sites for hydroxylation is 1. The molecular weight excluding hydrogens is 431 g/mol. The number of carbonyl (C=O) groups is 1. The van der Waals surface area contributed by atoms with Crippen molar-refractivity contribution in [2.24, 2.45) is 0 Å². The molecular formula is C25H20F3N3O2. The predicted molar refractivity (Wildman–Crippen MR) is 121 cm³/mol. The monoisotopic (exact) mass is 451 g/mol. The Labute approximate surface area is 187 Å². The van der Waals surface area contributed by atoms with Gasteiger partial charge in [0.1, 0.15) is 0 Å². The van der Waals surface area contributed by atoms with Crippen molar-refractivity contribution in [2.75, 3.05) is 11.4 Å². The van der Waals surface area contributed by atoms with Gasteiger partial charge in [-0.15, -0.1) is 0 Å². The van der Waals surface area contributed by atoms with E-state index in [-0.39, 0.29) is 17.9 Å². The van der Waals surface area contributed by atoms with Crippen LogP contribution in [0.5, 0.6) is 0 Å². The Hall–Kier alpha value is -3.94. The van der Waals surface area contributed by atoms with Crippen molar-refractivity contribution in [1.29, 1.82) is 0 Å². The maximum atomic E-state index is 13.4. The van der Waals surface area contributed by atoms with Crippen molar-refractivity contribution in [3.05, 3.63) is 100.0 Å². The van der Waals surface area contributed by atoms with Crippen LogP contribution in [0.4, 0.5) is 18.9 Å². The molecule has 5 nitrogen and oxygen atoms in total. The van der Waals surface area contributed by atoms with E-state index in [0.29, 0.717) is 11.4 Å². The quantitative estimate of drug-likeness (QED) is 0.419. The normalized spacial score (nSPS) is 11.5. The summed E-state index contributed by atoms with van der Waals surface area (Å²) in [6.45, 7) is 3.59. The number of carbonyl (C=O) groups excluding carboxylic acids is 1. The van der Waals surface area contributed by atoms with Crippen LogP contribution in [0.15, 0.2) is 77.6 Å². The average molecular weight is 451 g/mol. The van der Waals surface area contributed by atoms with Gasteiger partial charge >= 0.3 is 6.18 Å². The Kier molecular flexibility index (Phi) is 5.76. The summed E-state index contributed by atoms with van der Waals surface area (Å²) in [6, 6.07) is 18.8. The van der Waals surface area contributed by atoms with Crippen LogP contribution in [0.2, 0.25) is 0 Å². The van der Waals surface area contributed by atoms with Crippen molar-refractivity contribution < 1.29 is 18.0 Å². The van der Waals surface area contributed by atoms with Crippen LogP contribution >= 0.6 is 0 Å². The van der Waals surface area contributed by atoms with Crippen molar-refractivity contribution >= 4 is 22.4 Å². The van der Waals surface area contributed by atoms with E-state index in [1.807, 2.05) is 36.4 Å². The van der Waals surface area contributed by atoms with Crippen molar-refractivity contribution in [1.82, 2.24) is 9.78 Å². The largest absolute Gasteiger partial charge is 0.416 e. The molecule has 0 aliphatic rings. The second-order valence-electron chi connectivity index (χ2n) is 7.51. The van der Waals surface area contributed by atoms with Gasteiger partial charge in [-0.3, -0.25) is 9.59 Å². The fourth-order valence-corrected chi connectivity index (χ4v) is 3.77. The molecule has 1 heterocycles. The summed E-state index contributed by atoms with van der Waals surface area (Å²) in [6.07, 6.45) is -4.53. The van der Waals surface area contributed by atoms with Crippen LogP contribution in [0, 0.1) is 6.92 Å². The average Bonchev–Trinajstić information content (AvgIpc) is 2.79. The van der Waals surface area contributed by atoms with Gasteiger partial charge in [-0.25, -0.2) is 4.68 Å². The number of nitrogens with zero attached hydrogens (tertiary/aromatic N) is 3. The van der Waals surface area contributed by atoms with Crippen LogP contribution in [0.1, 0.15) is 28.7 Å². The molecule has 0 atom stereocenters. The fraction of sp³-hybridized carbons (Fsp3) is 0.160. The highest BCUT2D eigenvalue weighted by Crippen LogP contribution is 2.30. The molecule has 0 radical (unpaired) electrons. The molecule has 0 aliphatic heterocycles. The Bertz CT molecular complexity index is 1400. The van der Waals surface area contributed by atoms with Gasteiger partial charge in [0.15, 0.2) is 5.69 Å². The summed E-state index contributed by atoms with van der Waals surface area (Å²) in [4.78, 5) is 27.6. The van der Waals surface area contributed by atoms with Gasteiger partial charge in [-0.2, -0.15) is 18.3 Å². The number of hydrogen-bond acceptors (Lipinski definition) is 3. The van der Waals surface area contributed by atoms with E-state index < -0.39 is 23.1 Å². The summed E-state index contributed by atoms with van der Waals surface area (Å²) in [5.74, 6) is -0.625. The molecule has 0 fully saturated rings. The van der Waals surface area contributed by atoms with Crippen LogP contribution in [0.25, 0.3) is 16.5 Å². The van der Waals surface area contributed by atoms with Gasteiger partial charge in [0.2, 0.25) is 5.43 Å². The molecule has 8 heteroatoms. The molecule has 1 amide bonds. The molecule has 4 rings (SSSR count). The lowest BCUT2D eigenvalue weighted by Crippen LogP contribution is -2.36. The molecule has 0 bridgehead atoms. The number of hydrogen-bond donors (Lipinski definition) is 0. The van der Waals surface area contributed by atoms with E-state index in [9.17, 15) is 22.8 Å². The zero-order valence-electron chi connectivity index (χ0n) is 17.9.